The Morgan fingerprint density at radius 1 is 1.18 bits per heavy atom. The molecule has 3 aliphatic rings. The molecule has 2 fully saturated rings. The number of hydrogen-bond acceptors (Lipinski definition) is 3. The van der Waals surface area contributed by atoms with Crippen molar-refractivity contribution in [3.8, 4) is 0 Å². The van der Waals surface area contributed by atoms with Gasteiger partial charge in [-0.2, -0.15) is 0 Å². The van der Waals surface area contributed by atoms with Gasteiger partial charge >= 0.3 is 0 Å². The minimum absolute atomic E-state index is 0.219. The van der Waals surface area contributed by atoms with Crippen molar-refractivity contribution < 1.29 is 5.11 Å². The highest BCUT2D eigenvalue weighted by molar-refractivity contribution is 7.11. The number of hydrogen-bond donors (Lipinski definition) is 1. The van der Waals surface area contributed by atoms with E-state index in [2.05, 4.69) is 0 Å². The van der Waals surface area contributed by atoms with Gasteiger partial charge in [-0.25, -0.2) is 4.98 Å². The Hall–Kier alpha value is -0.410. The minimum Gasteiger partial charge on any atom is -0.388 e. The van der Waals surface area contributed by atoms with E-state index in [0.717, 1.165) is 37.0 Å². The number of aryl methyl sites for hydroxylation is 1. The first kappa shape index (κ1) is 10.5. The van der Waals surface area contributed by atoms with Crippen LogP contribution in [-0.4, -0.2) is 10.1 Å². The summed E-state index contributed by atoms with van der Waals surface area (Å²) in [5.41, 5.74) is 1.21. The van der Waals surface area contributed by atoms with Crippen molar-refractivity contribution >= 4 is 11.3 Å². The van der Waals surface area contributed by atoms with Crippen LogP contribution >= 0.6 is 11.3 Å². The topological polar surface area (TPSA) is 33.1 Å². The average molecular weight is 249 g/mol. The highest BCUT2D eigenvalue weighted by atomic mass is 32.1. The molecular formula is C14H19NOS. The zero-order valence-electron chi connectivity index (χ0n) is 10.1. The van der Waals surface area contributed by atoms with Crippen molar-refractivity contribution in [1.82, 2.24) is 4.98 Å². The Balaban J connectivity index is 1.66. The summed E-state index contributed by atoms with van der Waals surface area (Å²) < 4.78 is 0. The summed E-state index contributed by atoms with van der Waals surface area (Å²) in [5, 5.41) is 11.4. The van der Waals surface area contributed by atoms with Gasteiger partial charge < -0.3 is 5.11 Å². The number of rotatable bonds is 1. The van der Waals surface area contributed by atoms with Crippen LogP contribution in [0, 0.1) is 11.8 Å². The third kappa shape index (κ3) is 1.59. The second kappa shape index (κ2) is 3.79. The molecule has 2 saturated carbocycles. The maximum atomic E-state index is 10.0. The molecular weight excluding hydrogens is 230 g/mol. The van der Waals surface area contributed by atoms with E-state index in [9.17, 15) is 5.11 Å². The number of nitrogens with zero attached hydrogens (tertiary/aromatic N) is 1. The van der Waals surface area contributed by atoms with E-state index in [1.54, 1.807) is 0 Å². The smallest absolute Gasteiger partial charge is 0.0965 e. The summed E-state index contributed by atoms with van der Waals surface area (Å²) >= 11 is 1.82. The Morgan fingerprint density at radius 3 is 2.82 bits per heavy atom. The maximum Gasteiger partial charge on any atom is 0.0965 e. The van der Waals surface area contributed by atoms with Crippen LogP contribution in [0.2, 0.25) is 0 Å². The summed E-state index contributed by atoms with van der Waals surface area (Å²) in [7, 11) is 0. The van der Waals surface area contributed by atoms with Gasteiger partial charge in [0.25, 0.3) is 0 Å². The number of aromatic nitrogens is 1. The lowest BCUT2D eigenvalue weighted by molar-refractivity contribution is 0.160. The molecule has 1 N–H and O–H groups in total. The van der Waals surface area contributed by atoms with Crippen molar-refractivity contribution in [2.75, 3.05) is 0 Å². The SMILES string of the molecule is OC1CCCc2nc(C3CC4CCC3C4)sc21. The summed E-state index contributed by atoms with van der Waals surface area (Å²) in [6.45, 7) is 0. The molecule has 0 amide bonds. The highest BCUT2D eigenvalue weighted by Crippen LogP contribution is 2.54. The predicted octanol–water partition coefficient (Wildman–Crippen LogP) is 3.42. The van der Waals surface area contributed by atoms with Gasteiger partial charge in [0.1, 0.15) is 0 Å². The molecule has 1 aromatic heterocycles. The lowest BCUT2D eigenvalue weighted by Gasteiger charge is -2.18. The molecule has 1 aromatic rings. The zero-order chi connectivity index (χ0) is 11.4. The van der Waals surface area contributed by atoms with Crippen LogP contribution in [0.4, 0.5) is 0 Å². The van der Waals surface area contributed by atoms with Gasteiger partial charge in [0.15, 0.2) is 0 Å². The fourth-order valence-electron chi connectivity index (χ4n) is 4.12. The molecule has 0 saturated heterocycles. The van der Waals surface area contributed by atoms with E-state index in [0.29, 0.717) is 0 Å². The molecule has 0 spiro atoms. The number of aliphatic hydroxyl groups is 1. The van der Waals surface area contributed by atoms with Crippen LogP contribution in [0.15, 0.2) is 0 Å². The number of thiazole rings is 1. The third-order valence-corrected chi connectivity index (χ3v) is 6.32. The fraction of sp³-hybridized carbons (Fsp3) is 0.786. The van der Waals surface area contributed by atoms with Crippen LogP contribution in [-0.2, 0) is 6.42 Å². The summed E-state index contributed by atoms with van der Waals surface area (Å²) in [6, 6.07) is 0. The summed E-state index contributed by atoms with van der Waals surface area (Å²) in [5.74, 6) is 2.62. The molecule has 2 nitrogen and oxygen atoms in total. The molecule has 3 aliphatic carbocycles. The van der Waals surface area contributed by atoms with Gasteiger partial charge in [0.2, 0.25) is 0 Å². The average Bonchev–Trinajstić information content (AvgIpc) is 3.03. The van der Waals surface area contributed by atoms with Crippen molar-refractivity contribution in [1.29, 1.82) is 0 Å². The fourth-order valence-corrected chi connectivity index (χ4v) is 5.46. The van der Waals surface area contributed by atoms with E-state index in [1.165, 1.54) is 41.3 Å². The Bertz CT molecular complexity index is 441. The van der Waals surface area contributed by atoms with Gasteiger partial charge in [0, 0.05) is 5.92 Å². The van der Waals surface area contributed by atoms with Crippen LogP contribution in [0.3, 0.4) is 0 Å². The molecule has 4 unspecified atom stereocenters. The van der Waals surface area contributed by atoms with E-state index >= 15 is 0 Å². The first-order chi connectivity index (χ1) is 8.31. The van der Waals surface area contributed by atoms with Gasteiger partial charge in [-0.3, -0.25) is 0 Å². The van der Waals surface area contributed by atoms with Crippen LogP contribution < -0.4 is 0 Å². The second-order valence-electron chi connectivity index (χ2n) is 6.05. The monoisotopic (exact) mass is 249 g/mol. The van der Waals surface area contributed by atoms with Gasteiger partial charge in [-0.05, 0) is 50.4 Å². The number of aliphatic hydroxyl groups excluding tert-OH is 1. The largest absolute Gasteiger partial charge is 0.388 e. The molecule has 4 rings (SSSR count). The zero-order valence-corrected chi connectivity index (χ0v) is 10.9. The minimum atomic E-state index is -0.219. The van der Waals surface area contributed by atoms with E-state index in [-0.39, 0.29) is 6.10 Å². The Kier molecular flexibility index (Phi) is 2.34. The first-order valence-corrected chi connectivity index (χ1v) is 7.80. The van der Waals surface area contributed by atoms with Gasteiger partial charge in [-0.1, -0.05) is 6.42 Å². The Morgan fingerprint density at radius 2 is 2.12 bits per heavy atom. The van der Waals surface area contributed by atoms with Crippen LogP contribution in [0.25, 0.3) is 0 Å². The van der Waals surface area contributed by atoms with E-state index in [4.69, 9.17) is 4.98 Å². The molecule has 3 heteroatoms. The van der Waals surface area contributed by atoms with Crippen molar-refractivity contribution in [3.63, 3.8) is 0 Å². The van der Waals surface area contributed by atoms with Crippen molar-refractivity contribution in [2.45, 2.75) is 57.0 Å². The quantitative estimate of drug-likeness (QED) is 0.827. The van der Waals surface area contributed by atoms with Crippen LogP contribution in [0.5, 0.6) is 0 Å². The van der Waals surface area contributed by atoms with Crippen LogP contribution in [0.1, 0.15) is 66.1 Å². The molecule has 92 valence electrons. The lowest BCUT2D eigenvalue weighted by Crippen LogP contribution is -2.08. The molecule has 1 heterocycles. The van der Waals surface area contributed by atoms with E-state index in [1.807, 2.05) is 11.3 Å². The van der Waals surface area contributed by atoms with E-state index < -0.39 is 0 Å². The molecule has 0 aliphatic heterocycles. The maximum absolute atomic E-state index is 10.0. The normalized spacial score (nSPS) is 39.6. The summed E-state index contributed by atoms with van der Waals surface area (Å²) in [4.78, 5) is 6.05. The van der Waals surface area contributed by atoms with Crippen molar-refractivity contribution in [3.05, 3.63) is 15.6 Å². The molecule has 17 heavy (non-hydrogen) atoms. The number of fused-ring (bicyclic) bond motifs is 3. The first-order valence-electron chi connectivity index (χ1n) is 6.99. The predicted molar refractivity (Wildman–Crippen MR) is 68.2 cm³/mol. The van der Waals surface area contributed by atoms with Gasteiger partial charge in [0.05, 0.1) is 21.7 Å². The summed E-state index contributed by atoms with van der Waals surface area (Å²) in [6.07, 6.45) is 8.59. The highest BCUT2D eigenvalue weighted by Gasteiger charge is 2.42. The third-order valence-electron chi connectivity index (χ3n) is 4.99. The molecule has 4 atom stereocenters. The standard InChI is InChI=1S/C14H19NOS/c16-12-3-1-2-11-13(12)17-14(15-11)10-7-8-4-5-9(10)6-8/h8-10,12,16H,1-7H2. The second-order valence-corrected chi connectivity index (χ2v) is 7.11. The molecule has 2 bridgehead atoms. The van der Waals surface area contributed by atoms with Gasteiger partial charge in [-0.15, -0.1) is 11.3 Å². The molecule has 0 aromatic carbocycles. The van der Waals surface area contributed by atoms with Crippen molar-refractivity contribution in [2.24, 2.45) is 11.8 Å². The molecule has 0 radical (unpaired) electrons. The lowest BCUT2D eigenvalue weighted by atomic mass is 9.89. The Labute approximate surface area is 106 Å².